The van der Waals surface area contributed by atoms with Gasteiger partial charge in [0.2, 0.25) is 0 Å². The molecule has 0 aliphatic carbocycles. The number of carbonyl (C=O) groups excluding carboxylic acids is 1. The second-order valence-corrected chi connectivity index (χ2v) is 5.55. The Morgan fingerprint density at radius 2 is 1.70 bits per heavy atom. The molecule has 0 saturated heterocycles. The van der Waals surface area contributed by atoms with E-state index in [0.717, 1.165) is 3.57 Å². The molecule has 20 heavy (non-hydrogen) atoms. The van der Waals surface area contributed by atoms with Gasteiger partial charge in [-0.2, -0.15) is 0 Å². The fraction of sp³-hybridized carbons (Fsp3) is 0.133. The first kappa shape index (κ1) is 13.2. The highest BCUT2D eigenvalue weighted by Gasteiger charge is 2.20. The van der Waals surface area contributed by atoms with Gasteiger partial charge in [-0.15, -0.1) is 0 Å². The van der Waals surface area contributed by atoms with E-state index in [2.05, 4.69) is 22.6 Å². The zero-order chi connectivity index (χ0) is 14.1. The molecule has 1 aliphatic heterocycles. The number of nitrogens with two attached hydrogens (primary N) is 1. The molecule has 0 aromatic heterocycles. The molecule has 1 heterocycles. The van der Waals surface area contributed by atoms with E-state index < -0.39 is 0 Å². The molecular weight excluding hydrogens is 369 g/mol. The van der Waals surface area contributed by atoms with Crippen LogP contribution in [0.1, 0.15) is 15.9 Å². The van der Waals surface area contributed by atoms with Gasteiger partial charge in [0.1, 0.15) is 13.2 Å². The van der Waals surface area contributed by atoms with Crippen LogP contribution in [0.2, 0.25) is 0 Å². The second-order valence-electron chi connectivity index (χ2n) is 4.39. The summed E-state index contributed by atoms with van der Waals surface area (Å²) in [5.41, 5.74) is 7.45. The predicted molar refractivity (Wildman–Crippen MR) is 84.4 cm³/mol. The molecular formula is C15H12INO3. The zero-order valence-corrected chi connectivity index (χ0v) is 12.7. The van der Waals surface area contributed by atoms with Gasteiger partial charge in [-0.3, -0.25) is 4.79 Å². The van der Waals surface area contributed by atoms with Crippen LogP contribution >= 0.6 is 22.6 Å². The van der Waals surface area contributed by atoms with Crippen molar-refractivity contribution >= 4 is 34.1 Å². The van der Waals surface area contributed by atoms with Crippen molar-refractivity contribution in [2.24, 2.45) is 0 Å². The molecule has 1 aliphatic rings. The van der Waals surface area contributed by atoms with Crippen molar-refractivity contribution in [1.82, 2.24) is 0 Å². The van der Waals surface area contributed by atoms with Crippen molar-refractivity contribution in [3.63, 3.8) is 0 Å². The van der Waals surface area contributed by atoms with Gasteiger partial charge in [-0.1, -0.05) is 12.1 Å². The highest BCUT2D eigenvalue weighted by Crippen LogP contribution is 2.35. The first-order valence-corrected chi connectivity index (χ1v) is 7.23. The number of hydrogen-bond acceptors (Lipinski definition) is 4. The largest absolute Gasteiger partial charge is 0.486 e. The van der Waals surface area contributed by atoms with Gasteiger partial charge < -0.3 is 15.2 Å². The summed E-state index contributed by atoms with van der Waals surface area (Å²) in [6.45, 7) is 0.976. The van der Waals surface area contributed by atoms with Crippen LogP contribution in [-0.2, 0) is 0 Å². The van der Waals surface area contributed by atoms with Crippen LogP contribution in [0.25, 0.3) is 0 Å². The lowest BCUT2D eigenvalue weighted by Gasteiger charge is -2.20. The molecule has 0 atom stereocenters. The van der Waals surface area contributed by atoms with Crippen molar-refractivity contribution in [3.05, 3.63) is 51.1 Å². The average molecular weight is 381 g/mol. The summed E-state index contributed by atoms with van der Waals surface area (Å²) in [7, 11) is 0. The maximum Gasteiger partial charge on any atom is 0.196 e. The van der Waals surface area contributed by atoms with E-state index in [1.54, 1.807) is 18.2 Å². The fourth-order valence-electron chi connectivity index (χ4n) is 2.09. The van der Waals surface area contributed by atoms with Crippen molar-refractivity contribution < 1.29 is 14.3 Å². The Hall–Kier alpha value is -1.76. The van der Waals surface area contributed by atoms with Crippen LogP contribution in [-0.4, -0.2) is 19.0 Å². The molecule has 0 spiro atoms. The van der Waals surface area contributed by atoms with Gasteiger partial charge in [0.25, 0.3) is 0 Å². The van der Waals surface area contributed by atoms with Crippen LogP contribution in [0.4, 0.5) is 5.69 Å². The first-order valence-electron chi connectivity index (χ1n) is 6.15. The van der Waals surface area contributed by atoms with Crippen molar-refractivity contribution in [1.29, 1.82) is 0 Å². The third-order valence-electron chi connectivity index (χ3n) is 3.08. The van der Waals surface area contributed by atoms with Crippen molar-refractivity contribution in [2.75, 3.05) is 18.9 Å². The molecule has 0 amide bonds. The van der Waals surface area contributed by atoms with Crippen molar-refractivity contribution in [2.45, 2.75) is 0 Å². The second kappa shape index (κ2) is 5.32. The topological polar surface area (TPSA) is 61.6 Å². The monoisotopic (exact) mass is 381 g/mol. The maximum absolute atomic E-state index is 12.6. The summed E-state index contributed by atoms with van der Waals surface area (Å²) in [5.74, 6) is 1.05. The standard InChI is InChI=1S/C15H12INO3/c16-11-4-2-1-3-9(11)15(18)10-7-13-14(8-12(10)17)20-6-5-19-13/h1-4,7-8H,5-6,17H2. The minimum Gasteiger partial charge on any atom is -0.486 e. The van der Waals surface area contributed by atoms with E-state index in [9.17, 15) is 4.79 Å². The lowest BCUT2D eigenvalue weighted by Crippen LogP contribution is -2.17. The van der Waals surface area contributed by atoms with E-state index in [0.29, 0.717) is 41.5 Å². The molecule has 0 bridgehead atoms. The van der Waals surface area contributed by atoms with Gasteiger partial charge in [-0.25, -0.2) is 0 Å². The Morgan fingerprint density at radius 3 is 2.40 bits per heavy atom. The SMILES string of the molecule is Nc1cc2c(cc1C(=O)c1ccccc1I)OCCO2. The molecule has 2 aromatic carbocycles. The van der Waals surface area contributed by atoms with Gasteiger partial charge >= 0.3 is 0 Å². The first-order chi connectivity index (χ1) is 9.66. The Balaban J connectivity index is 2.06. The fourth-order valence-corrected chi connectivity index (χ4v) is 2.72. The normalized spacial score (nSPS) is 13.1. The lowest BCUT2D eigenvalue weighted by atomic mass is 10.0. The molecule has 102 valence electrons. The molecule has 0 saturated carbocycles. The number of halogens is 1. The number of hydrogen-bond donors (Lipinski definition) is 1. The Morgan fingerprint density at radius 1 is 1.05 bits per heavy atom. The number of fused-ring (bicyclic) bond motifs is 1. The highest BCUT2D eigenvalue weighted by atomic mass is 127. The number of anilines is 1. The van der Waals surface area contributed by atoms with Crippen molar-refractivity contribution in [3.8, 4) is 11.5 Å². The molecule has 2 N–H and O–H groups in total. The minimum atomic E-state index is -0.107. The molecule has 4 nitrogen and oxygen atoms in total. The summed E-state index contributed by atoms with van der Waals surface area (Å²) in [6.07, 6.45) is 0. The zero-order valence-electron chi connectivity index (χ0n) is 10.6. The van der Waals surface area contributed by atoms with Gasteiger partial charge in [0.15, 0.2) is 17.3 Å². The van der Waals surface area contributed by atoms with Crippen LogP contribution in [0.3, 0.4) is 0 Å². The van der Waals surface area contributed by atoms with E-state index in [1.807, 2.05) is 18.2 Å². The number of nitrogen functional groups attached to an aromatic ring is 1. The summed E-state index contributed by atoms with van der Waals surface area (Å²) in [5, 5.41) is 0. The van der Waals surface area contributed by atoms with E-state index in [-0.39, 0.29) is 5.78 Å². The number of ether oxygens (including phenoxy) is 2. The highest BCUT2D eigenvalue weighted by molar-refractivity contribution is 14.1. The van der Waals surface area contributed by atoms with Crippen LogP contribution in [0, 0.1) is 3.57 Å². The van der Waals surface area contributed by atoms with E-state index in [1.165, 1.54) is 0 Å². The summed E-state index contributed by atoms with van der Waals surface area (Å²) >= 11 is 2.14. The minimum absolute atomic E-state index is 0.107. The van der Waals surface area contributed by atoms with Gasteiger partial charge in [0, 0.05) is 26.5 Å². The third kappa shape index (κ3) is 2.33. The Labute approximate surface area is 130 Å². The third-order valence-corrected chi connectivity index (χ3v) is 4.02. The summed E-state index contributed by atoms with van der Waals surface area (Å²) in [4.78, 5) is 12.6. The predicted octanol–water partition coefficient (Wildman–Crippen LogP) is 2.88. The average Bonchev–Trinajstić information content (AvgIpc) is 2.46. The summed E-state index contributed by atoms with van der Waals surface area (Å²) < 4.78 is 11.8. The Kier molecular flexibility index (Phi) is 3.52. The van der Waals surface area contributed by atoms with Gasteiger partial charge in [0.05, 0.1) is 0 Å². The Bertz CT molecular complexity index is 685. The van der Waals surface area contributed by atoms with Crippen LogP contribution in [0.5, 0.6) is 11.5 Å². The summed E-state index contributed by atoms with van der Waals surface area (Å²) in [6, 6.07) is 10.7. The quantitative estimate of drug-likeness (QED) is 0.494. The number of ketones is 1. The number of carbonyl (C=O) groups is 1. The molecule has 0 unspecified atom stereocenters. The number of benzene rings is 2. The smallest absolute Gasteiger partial charge is 0.196 e. The van der Waals surface area contributed by atoms with E-state index in [4.69, 9.17) is 15.2 Å². The molecule has 2 aromatic rings. The molecule has 5 heteroatoms. The number of rotatable bonds is 2. The van der Waals surface area contributed by atoms with Crippen LogP contribution < -0.4 is 15.2 Å². The van der Waals surface area contributed by atoms with E-state index >= 15 is 0 Å². The van der Waals surface area contributed by atoms with Gasteiger partial charge in [-0.05, 0) is 40.8 Å². The maximum atomic E-state index is 12.6. The molecule has 0 fully saturated rings. The lowest BCUT2D eigenvalue weighted by molar-refractivity contribution is 0.103. The molecule has 0 radical (unpaired) electrons. The molecule has 3 rings (SSSR count). The van der Waals surface area contributed by atoms with Crippen LogP contribution in [0.15, 0.2) is 36.4 Å².